The van der Waals surface area contributed by atoms with Crippen molar-refractivity contribution in [3.05, 3.63) is 18.2 Å². The van der Waals surface area contributed by atoms with Crippen molar-refractivity contribution in [1.29, 1.82) is 0 Å². The van der Waals surface area contributed by atoms with Crippen LogP contribution in [-0.4, -0.2) is 30.5 Å². The molecule has 1 aromatic rings. The highest BCUT2D eigenvalue weighted by Crippen LogP contribution is 2.03. The molecular formula is C6H9N3O3S. The Hall–Kier alpha value is -1.21. The zero-order valence-corrected chi connectivity index (χ0v) is 7.74. The standard InChI is InChI=1S/C6H9N3O3S/c1-7-13(11,12)4-6-8-2-5(10)3-9-6/h2-3,7,10H,4H2,1H3. The fourth-order valence-corrected chi connectivity index (χ4v) is 1.30. The van der Waals surface area contributed by atoms with Crippen molar-refractivity contribution < 1.29 is 13.5 Å². The Morgan fingerprint density at radius 2 is 2.00 bits per heavy atom. The average Bonchev–Trinajstić information content (AvgIpc) is 2.09. The van der Waals surface area contributed by atoms with Crippen molar-refractivity contribution in [3.8, 4) is 5.75 Å². The van der Waals surface area contributed by atoms with Crippen LogP contribution >= 0.6 is 0 Å². The Morgan fingerprint density at radius 1 is 1.46 bits per heavy atom. The van der Waals surface area contributed by atoms with E-state index in [-0.39, 0.29) is 17.3 Å². The van der Waals surface area contributed by atoms with E-state index in [2.05, 4.69) is 14.7 Å². The summed E-state index contributed by atoms with van der Waals surface area (Å²) in [5.41, 5.74) is 0. The number of sulfonamides is 1. The van der Waals surface area contributed by atoms with E-state index in [0.29, 0.717) is 0 Å². The van der Waals surface area contributed by atoms with Crippen LogP contribution in [0.5, 0.6) is 5.75 Å². The van der Waals surface area contributed by atoms with Gasteiger partial charge in [0.15, 0.2) is 5.75 Å². The molecule has 0 fully saturated rings. The normalized spacial score (nSPS) is 11.5. The van der Waals surface area contributed by atoms with Crippen LogP contribution in [0.1, 0.15) is 5.82 Å². The molecule has 1 aromatic heterocycles. The lowest BCUT2D eigenvalue weighted by Crippen LogP contribution is -2.21. The summed E-state index contributed by atoms with van der Waals surface area (Å²) < 4.78 is 24.1. The van der Waals surface area contributed by atoms with Gasteiger partial charge < -0.3 is 5.11 Å². The molecule has 0 aromatic carbocycles. The minimum absolute atomic E-state index is 0.0920. The molecule has 0 unspecified atom stereocenters. The lowest BCUT2D eigenvalue weighted by Gasteiger charge is -2.00. The highest BCUT2D eigenvalue weighted by Gasteiger charge is 2.10. The molecule has 7 heteroatoms. The van der Waals surface area contributed by atoms with Gasteiger partial charge in [-0.3, -0.25) is 0 Å². The van der Waals surface area contributed by atoms with Crippen LogP contribution in [0.15, 0.2) is 12.4 Å². The van der Waals surface area contributed by atoms with E-state index >= 15 is 0 Å². The molecule has 2 N–H and O–H groups in total. The molecule has 0 amide bonds. The molecule has 0 spiro atoms. The Kier molecular flexibility index (Phi) is 2.79. The molecule has 0 aliphatic carbocycles. The van der Waals surface area contributed by atoms with Crippen LogP contribution < -0.4 is 4.72 Å². The van der Waals surface area contributed by atoms with Crippen LogP contribution in [0.3, 0.4) is 0 Å². The van der Waals surface area contributed by atoms with E-state index in [1.165, 1.54) is 7.05 Å². The maximum absolute atomic E-state index is 11.0. The molecule has 0 aliphatic rings. The summed E-state index contributed by atoms with van der Waals surface area (Å²) in [6.07, 6.45) is 2.29. The number of nitrogens with one attached hydrogen (secondary N) is 1. The van der Waals surface area contributed by atoms with Gasteiger partial charge in [0.1, 0.15) is 11.6 Å². The van der Waals surface area contributed by atoms with Crippen LogP contribution in [0.2, 0.25) is 0 Å². The first kappa shape index (κ1) is 9.87. The lowest BCUT2D eigenvalue weighted by atomic mass is 10.6. The van der Waals surface area contributed by atoms with Crippen molar-refractivity contribution in [2.24, 2.45) is 0 Å². The molecule has 0 aliphatic heterocycles. The molecule has 0 bridgehead atoms. The van der Waals surface area contributed by atoms with Gasteiger partial charge in [-0.2, -0.15) is 0 Å². The topological polar surface area (TPSA) is 92.2 Å². The highest BCUT2D eigenvalue weighted by molar-refractivity contribution is 7.88. The van der Waals surface area contributed by atoms with E-state index in [4.69, 9.17) is 5.11 Å². The number of aromatic nitrogens is 2. The van der Waals surface area contributed by atoms with Crippen LogP contribution in [0, 0.1) is 0 Å². The van der Waals surface area contributed by atoms with Gasteiger partial charge in [0, 0.05) is 0 Å². The Bertz CT molecular complexity index is 373. The lowest BCUT2D eigenvalue weighted by molar-refractivity contribution is 0.468. The molecule has 0 atom stereocenters. The zero-order valence-electron chi connectivity index (χ0n) is 6.93. The summed E-state index contributed by atoms with van der Waals surface area (Å²) in [5.74, 6) is -0.234. The fraction of sp³-hybridized carbons (Fsp3) is 0.333. The predicted molar refractivity (Wildman–Crippen MR) is 45.4 cm³/mol. The summed E-state index contributed by atoms with van der Waals surface area (Å²) in [5, 5.41) is 8.82. The summed E-state index contributed by atoms with van der Waals surface area (Å²) in [7, 11) is -2.03. The van der Waals surface area contributed by atoms with Crippen molar-refractivity contribution in [2.45, 2.75) is 5.75 Å². The minimum Gasteiger partial charge on any atom is -0.505 e. The van der Waals surface area contributed by atoms with Gasteiger partial charge in [-0.1, -0.05) is 0 Å². The average molecular weight is 203 g/mol. The maximum Gasteiger partial charge on any atom is 0.218 e. The number of aromatic hydroxyl groups is 1. The molecular weight excluding hydrogens is 194 g/mol. The molecule has 1 heterocycles. The highest BCUT2D eigenvalue weighted by atomic mass is 32.2. The molecule has 0 saturated carbocycles. The Balaban J connectivity index is 2.82. The zero-order chi connectivity index (χ0) is 9.90. The molecule has 72 valence electrons. The molecule has 0 saturated heterocycles. The smallest absolute Gasteiger partial charge is 0.218 e. The number of nitrogens with zero attached hydrogens (tertiary/aromatic N) is 2. The largest absolute Gasteiger partial charge is 0.505 e. The van der Waals surface area contributed by atoms with E-state index < -0.39 is 10.0 Å². The van der Waals surface area contributed by atoms with Gasteiger partial charge in [-0.25, -0.2) is 23.1 Å². The van der Waals surface area contributed by atoms with Crippen LogP contribution in [-0.2, 0) is 15.8 Å². The third-order valence-electron chi connectivity index (χ3n) is 1.32. The first-order valence-electron chi connectivity index (χ1n) is 3.44. The second-order valence-corrected chi connectivity index (χ2v) is 4.25. The minimum atomic E-state index is -3.34. The van der Waals surface area contributed by atoms with Gasteiger partial charge in [-0.05, 0) is 7.05 Å². The summed E-state index contributed by atoms with van der Waals surface area (Å²) in [6, 6.07) is 0. The summed E-state index contributed by atoms with van der Waals surface area (Å²) in [4.78, 5) is 7.26. The SMILES string of the molecule is CNS(=O)(=O)Cc1ncc(O)cn1. The van der Waals surface area contributed by atoms with Crippen LogP contribution in [0.25, 0.3) is 0 Å². The third kappa shape index (κ3) is 2.96. The molecule has 0 radical (unpaired) electrons. The van der Waals surface area contributed by atoms with E-state index in [1.54, 1.807) is 0 Å². The van der Waals surface area contributed by atoms with Crippen LogP contribution in [0.4, 0.5) is 0 Å². The van der Waals surface area contributed by atoms with Crippen molar-refractivity contribution >= 4 is 10.0 Å². The van der Waals surface area contributed by atoms with Gasteiger partial charge in [0.25, 0.3) is 0 Å². The fourth-order valence-electron chi connectivity index (χ4n) is 0.665. The summed E-state index contributed by atoms with van der Waals surface area (Å²) in [6.45, 7) is 0. The molecule has 1 rings (SSSR count). The number of hydrogen-bond acceptors (Lipinski definition) is 5. The predicted octanol–water partition coefficient (Wildman–Crippen LogP) is -0.769. The quantitative estimate of drug-likeness (QED) is 0.673. The van der Waals surface area contributed by atoms with E-state index in [1.807, 2.05) is 0 Å². The third-order valence-corrected chi connectivity index (χ3v) is 2.58. The first-order valence-corrected chi connectivity index (χ1v) is 5.10. The van der Waals surface area contributed by atoms with E-state index in [9.17, 15) is 8.42 Å². The maximum atomic E-state index is 11.0. The molecule has 13 heavy (non-hydrogen) atoms. The van der Waals surface area contributed by atoms with Crippen molar-refractivity contribution in [1.82, 2.24) is 14.7 Å². The number of hydrogen-bond donors (Lipinski definition) is 2. The van der Waals surface area contributed by atoms with Gasteiger partial charge in [0.05, 0.1) is 12.4 Å². The monoisotopic (exact) mass is 203 g/mol. The second-order valence-electron chi connectivity index (χ2n) is 2.32. The number of rotatable bonds is 3. The second kappa shape index (κ2) is 3.67. The van der Waals surface area contributed by atoms with Crippen molar-refractivity contribution in [2.75, 3.05) is 7.05 Å². The van der Waals surface area contributed by atoms with Gasteiger partial charge in [-0.15, -0.1) is 0 Å². The van der Waals surface area contributed by atoms with Crippen molar-refractivity contribution in [3.63, 3.8) is 0 Å². The van der Waals surface area contributed by atoms with Gasteiger partial charge >= 0.3 is 0 Å². The van der Waals surface area contributed by atoms with Gasteiger partial charge in [0.2, 0.25) is 10.0 Å². The Morgan fingerprint density at radius 3 is 2.46 bits per heavy atom. The Labute approximate surface area is 75.7 Å². The summed E-state index contributed by atoms with van der Waals surface area (Å²) >= 11 is 0. The first-order chi connectivity index (χ1) is 6.03. The van der Waals surface area contributed by atoms with E-state index in [0.717, 1.165) is 12.4 Å². The molecule has 6 nitrogen and oxygen atoms in total.